The van der Waals surface area contributed by atoms with Gasteiger partial charge in [-0.2, -0.15) is 29.3 Å². The van der Waals surface area contributed by atoms with E-state index in [9.17, 15) is 44.1 Å². The Bertz CT molecular complexity index is 4370. The van der Waals surface area contributed by atoms with Crippen LogP contribution in [-0.4, -0.2) is 125 Å². The van der Waals surface area contributed by atoms with Gasteiger partial charge in [-0.1, -0.05) is 106 Å². The molecule has 9 aliphatic rings. The summed E-state index contributed by atoms with van der Waals surface area (Å²) in [7, 11) is 1.11. The molecule has 6 aromatic rings. The van der Waals surface area contributed by atoms with Crippen molar-refractivity contribution in [2.45, 2.75) is 240 Å². The number of carboxylic acid groups (broad SMARTS) is 1. The maximum atomic E-state index is 13.8. The van der Waals surface area contributed by atoms with Crippen molar-refractivity contribution in [3.63, 3.8) is 0 Å². The monoisotopic (exact) mass is 1750 g/mol. The molecule has 0 spiro atoms. The summed E-state index contributed by atoms with van der Waals surface area (Å²) >= 11 is 23.7. The summed E-state index contributed by atoms with van der Waals surface area (Å²) in [6, 6.07) is 17.0. The van der Waals surface area contributed by atoms with E-state index in [4.69, 9.17) is 58.7 Å². The van der Waals surface area contributed by atoms with E-state index in [1.807, 2.05) is 63.2 Å². The van der Waals surface area contributed by atoms with Crippen LogP contribution < -0.4 is 0 Å². The van der Waals surface area contributed by atoms with Crippen LogP contribution in [0, 0.1) is 37.0 Å². The summed E-state index contributed by atoms with van der Waals surface area (Å²) in [5, 5.41) is 43.8. The predicted molar refractivity (Wildman–Crippen MR) is 435 cm³/mol. The molecule has 0 radical (unpaired) electrons. The van der Waals surface area contributed by atoms with Gasteiger partial charge >= 0.3 is 25.0 Å². The van der Waals surface area contributed by atoms with Gasteiger partial charge in [0.2, 0.25) is 0 Å². The Labute approximate surface area is 672 Å². The minimum atomic E-state index is -0.764. The number of esters is 2. The van der Waals surface area contributed by atoms with Crippen LogP contribution in [0.4, 0.5) is 0 Å². The van der Waals surface area contributed by atoms with E-state index in [1.54, 1.807) is 18.2 Å². The molecule has 1 aliphatic heterocycles. The number of halogens is 5. The summed E-state index contributed by atoms with van der Waals surface area (Å²) in [5.41, 5.74) is 12.5. The molecule has 3 aromatic heterocycles. The molecule has 578 valence electrons. The van der Waals surface area contributed by atoms with E-state index in [0.717, 1.165) is 164 Å². The first-order chi connectivity index (χ1) is 49.5. The number of aromatic nitrogens is 6. The average molecular weight is 1750 g/mol. The highest BCUT2D eigenvalue weighted by atomic mass is 127. The SMILES string of the molecule is C.C.C.CC(C)(C)OC(=O)C1CC=C(B2OC(C)(C)C(C)(C)O2)CC1.COC(=O)C1CCc2c(I)nn(C(=O)c3c(Cl)cccc3C3CC3)c2C1.O=C(O)C1CC=C(c2nn(C(=O)c3c(Cl)cccc3C3CC3)c3c2CCC(CO)C3)CC1.O=C(c1c(Cl)cccc1C1CC1)n1nc(I)c2c1CC(CO)CC2. The van der Waals surface area contributed by atoms with E-state index < -0.39 is 11.6 Å². The Kier molecular flexibility index (Phi) is 28.3. The van der Waals surface area contributed by atoms with Crippen molar-refractivity contribution in [3.8, 4) is 0 Å². The number of benzene rings is 3. The third-order valence-corrected chi connectivity index (χ3v) is 24.9. The molecule has 0 bridgehead atoms. The van der Waals surface area contributed by atoms with Crippen LogP contribution in [0.2, 0.25) is 15.1 Å². The van der Waals surface area contributed by atoms with Crippen LogP contribution in [0.15, 0.2) is 72.2 Å². The lowest BCUT2D eigenvalue weighted by Gasteiger charge is -2.32. The summed E-state index contributed by atoms with van der Waals surface area (Å²) < 4.78 is 28.7. The first-order valence-electron chi connectivity index (χ1n) is 36.6. The fraction of sp³-hybridized carbons (Fsp3) is 0.549. The van der Waals surface area contributed by atoms with E-state index in [2.05, 4.69) is 89.2 Å². The van der Waals surface area contributed by atoms with E-state index in [-0.39, 0.29) is 113 Å². The Morgan fingerprint density at radius 3 is 1.34 bits per heavy atom. The molecule has 5 unspecified atom stereocenters. The molecule has 3 aromatic carbocycles. The molecule has 107 heavy (non-hydrogen) atoms. The number of methoxy groups -OCH3 is 1. The summed E-state index contributed by atoms with van der Waals surface area (Å²) in [4.78, 5) is 75.8. The third-order valence-electron chi connectivity index (χ3n) is 22.2. The van der Waals surface area contributed by atoms with Crippen molar-refractivity contribution in [2.24, 2.45) is 29.6 Å². The smallest absolute Gasteiger partial charge is 0.481 e. The van der Waals surface area contributed by atoms with Crippen molar-refractivity contribution < 1.29 is 62.9 Å². The van der Waals surface area contributed by atoms with Crippen molar-refractivity contribution in [1.82, 2.24) is 29.3 Å². The van der Waals surface area contributed by atoms with Gasteiger partial charge in [-0.05, 0) is 298 Å². The Balaban J connectivity index is 0.000000165. The van der Waals surface area contributed by atoms with Gasteiger partial charge in [0, 0.05) is 36.3 Å². The highest BCUT2D eigenvalue weighted by molar-refractivity contribution is 14.1. The molecule has 4 fully saturated rings. The van der Waals surface area contributed by atoms with E-state index in [0.29, 0.717) is 94.5 Å². The van der Waals surface area contributed by atoms with Crippen LogP contribution in [0.5, 0.6) is 0 Å². The number of carbonyl (C=O) groups excluding carboxylic acids is 5. The first kappa shape index (κ1) is 85.4. The summed E-state index contributed by atoms with van der Waals surface area (Å²) in [6.07, 6.45) is 21.2. The molecule has 0 amide bonds. The average Bonchev–Trinajstić information content (AvgIpc) is 1.63. The molecule has 5 atom stereocenters. The lowest BCUT2D eigenvalue weighted by atomic mass is 9.70. The molecule has 15 rings (SSSR count). The second-order valence-electron chi connectivity index (χ2n) is 31.2. The van der Waals surface area contributed by atoms with Crippen LogP contribution in [0.25, 0.3) is 5.57 Å². The van der Waals surface area contributed by atoms with Gasteiger partial charge in [-0.3, -0.25) is 28.8 Å². The van der Waals surface area contributed by atoms with Crippen LogP contribution in [0.1, 0.15) is 272 Å². The second-order valence-corrected chi connectivity index (χ2v) is 34.5. The number of aliphatic hydroxyl groups is 2. The normalized spacial score (nSPS) is 21.6. The zero-order chi connectivity index (χ0) is 74.4. The molecular formula is C82H104BCl3I2N6O13. The predicted octanol–water partition coefficient (Wildman–Crippen LogP) is 17.9. The van der Waals surface area contributed by atoms with Gasteiger partial charge in [0.25, 0.3) is 17.7 Å². The molecule has 1 saturated heterocycles. The number of aliphatic hydroxyl groups excluding tert-OH is 2. The van der Waals surface area contributed by atoms with Gasteiger partial charge in [0.1, 0.15) is 13.0 Å². The van der Waals surface area contributed by atoms with Crippen molar-refractivity contribution in [1.29, 1.82) is 0 Å². The van der Waals surface area contributed by atoms with Crippen LogP contribution >= 0.6 is 80.0 Å². The minimum Gasteiger partial charge on any atom is -0.481 e. The number of carboxylic acids is 1. The molecule has 19 nitrogen and oxygen atoms in total. The fourth-order valence-electron chi connectivity index (χ4n) is 15.1. The quantitative estimate of drug-likeness (QED) is 0.0552. The number of nitrogens with zero attached hydrogens (tertiary/aromatic N) is 6. The summed E-state index contributed by atoms with van der Waals surface area (Å²) in [6.45, 7) is 14.2. The molecule has 8 aliphatic carbocycles. The highest BCUT2D eigenvalue weighted by Crippen LogP contribution is 2.48. The van der Waals surface area contributed by atoms with Crippen molar-refractivity contribution in [3.05, 3.63) is 168 Å². The number of allylic oxidation sites excluding steroid dienone is 4. The topological polar surface area (TPSA) is 253 Å². The van der Waals surface area contributed by atoms with Gasteiger partial charge in [0.15, 0.2) is 0 Å². The molecule has 25 heteroatoms. The molecule has 3 saturated carbocycles. The van der Waals surface area contributed by atoms with Gasteiger partial charge in [-0.25, -0.2) is 0 Å². The number of rotatable bonds is 13. The van der Waals surface area contributed by atoms with Crippen molar-refractivity contribution in [2.75, 3.05) is 20.3 Å². The second kappa shape index (κ2) is 35.4. The molecular weight excluding hydrogens is 1650 g/mol. The van der Waals surface area contributed by atoms with Crippen LogP contribution in [-0.2, 0) is 71.7 Å². The molecule has 3 N–H and O–H groups in total. The number of hydrogen-bond acceptors (Lipinski definition) is 15. The minimum absolute atomic E-state index is 0. The Hall–Kier alpha value is -5.58. The van der Waals surface area contributed by atoms with Gasteiger partial charge < -0.3 is 34.1 Å². The zero-order valence-electron chi connectivity index (χ0n) is 60.3. The van der Waals surface area contributed by atoms with Gasteiger partial charge in [-0.15, -0.1) is 0 Å². The number of ether oxygens (including phenoxy) is 2. The number of carbonyl (C=O) groups is 6. The van der Waals surface area contributed by atoms with E-state index >= 15 is 0 Å². The zero-order valence-corrected chi connectivity index (χ0v) is 66.9. The lowest BCUT2D eigenvalue weighted by molar-refractivity contribution is -0.160. The van der Waals surface area contributed by atoms with E-state index in [1.165, 1.54) is 21.2 Å². The van der Waals surface area contributed by atoms with Crippen LogP contribution in [0.3, 0.4) is 0 Å². The fourth-order valence-corrected chi connectivity index (χ4v) is 17.5. The van der Waals surface area contributed by atoms with Gasteiger partial charge in [0.05, 0.1) is 90.6 Å². The largest absolute Gasteiger partial charge is 0.490 e. The van der Waals surface area contributed by atoms with Crippen molar-refractivity contribution >= 4 is 128 Å². The molecule has 4 heterocycles. The third kappa shape index (κ3) is 19.0. The Morgan fingerprint density at radius 2 is 0.944 bits per heavy atom. The maximum Gasteiger partial charge on any atom is 0.490 e. The Morgan fingerprint density at radius 1 is 0.542 bits per heavy atom. The first-order valence-corrected chi connectivity index (χ1v) is 39.9. The lowest BCUT2D eigenvalue weighted by Crippen LogP contribution is -2.41. The standard InChI is InChI=1S/C25H27ClN2O4.C19H18ClIN2O3.C18H18ClIN2O2.C17H29BO4.3CH4/c26-20-3-1-2-18(15-5-6-15)22(20)24(30)28-21-12-14(13-29)4-11-19(21)23(27-28)16-7-9-17(10-8-16)25(31)32;1-26-19(25)11-7-8-13-15(9-11)23(22-17(13)21)18(24)16-12(10-5-6-10)3-2-4-14(16)20;19-14-3-1-2-12(11-5-6-11)16(14)18(24)22-15-8-10(9-23)4-7-13(15)17(20)21-22;1-15(2,3)20-14(19)12-8-10-13(11-9-12)18-21-16(4,5)17(6,7)22-18;;;/h1-3,7,14-15,17,29H,4-6,8-13H2,(H,31,32);2-4,10-11H,5-9H2,1H3;1-3,10-11,23H,4-9H2;10,12H,8-9,11H2,1-7H3;3*1H4. The summed E-state index contributed by atoms with van der Waals surface area (Å²) in [5.74, 6) is -0.778. The number of hydrogen-bond donors (Lipinski definition) is 3. The maximum absolute atomic E-state index is 13.8. The highest BCUT2D eigenvalue weighted by Gasteiger charge is 2.53. The number of fused-ring (bicyclic) bond motifs is 3. The number of aliphatic carboxylic acids is 1.